The summed E-state index contributed by atoms with van der Waals surface area (Å²) >= 11 is 0. The summed E-state index contributed by atoms with van der Waals surface area (Å²) in [6.45, 7) is 6.36. The maximum Gasteiger partial charge on any atom is 0.378 e. The summed E-state index contributed by atoms with van der Waals surface area (Å²) in [5, 5.41) is 4.39. The standard InChI is InChI=1S/C16H19N3O2/c1-4-21-14(20)13-17-15-16(2,3)10-12(19(15)18-13)11-8-6-5-7-9-11/h5-9,12H,4,10H2,1-3H3. The molecule has 2 aromatic rings. The summed E-state index contributed by atoms with van der Waals surface area (Å²) in [5.41, 5.74) is 1.07. The average Bonchev–Trinajstić information content (AvgIpc) is 3.00. The zero-order chi connectivity index (χ0) is 15.0. The molecule has 1 atom stereocenters. The van der Waals surface area contributed by atoms with E-state index in [2.05, 4.69) is 36.1 Å². The van der Waals surface area contributed by atoms with Crippen molar-refractivity contribution in [3.05, 3.63) is 47.5 Å². The molecule has 110 valence electrons. The molecule has 0 saturated heterocycles. The lowest BCUT2D eigenvalue weighted by molar-refractivity contribution is 0.0511. The Morgan fingerprint density at radius 2 is 2.10 bits per heavy atom. The van der Waals surface area contributed by atoms with E-state index in [-0.39, 0.29) is 17.3 Å². The molecule has 0 fully saturated rings. The molecule has 0 N–H and O–H groups in total. The van der Waals surface area contributed by atoms with Gasteiger partial charge in [-0.1, -0.05) is 44.2 Å². The highest BCUT2D eigenvalue weighted by Crippen LogP contribution is 2.42. The largest absolute Gasteiger partial charge is 0.460 e. The quantitative estimate of drug-likeness (QED) is 0.814. The smallest absolute Gasteiger partial charge is 0.378 e. The highest BCUT2D eigenvalue weighted by Gasteiger charge is 2.41. The minimum atomic E-state index is -0.456. The van der Waals surface area contributed by atoms with Crippen molar-refractivity contribution >= 4 is 5.97 Å². The van der Waals surface area contributed by atoms with Gasteiger partial charge in [0.25, 0.3) is 5.82 Å². The molecule has 21 heavy (non-hydrogen) atoms. The molecule has 3 rings (SSSR count). The summed E-state index contributed by atoms with van der Waals surface area (Å²) < 4.78 is 6.87. The molecular weight excluding hydrogens is 266 g/mol. The van der Waals surface area contributed by atoms with Crippen LogP contribution in [0.5, 0.6) is 0 Å². The molecule has 2 heterocycles. The van der Waals surface area contributed by atoms with Crippen LogP contribution in [0.1, 0.15) is 55.2 Å². The lowest BCUT2D eigenvalue weighted by Gasteiger charge is -2.16. The van der Waals surface area contributed by atoms with Crippen molar-refractivity contribution in [1.29, 1.82) is 0 Å². The maximum absolute atomic E-state index is 11.8. The topological polar surface area (TPSA) is 57.0 Å². The molecule has 0 spiro atoms. The van der Waals surface area contributed by atoms with Crippen LogP contribution in [0.15, 0.2) is 30.3 Å². The molecule has 1 aromatic carbocycles. The normalized spacial score (nSPS) is 19.3. The molecule has 0 aliphatic carbocycles. The lowest BCUT2D eigenvalue weighted by atomic mass is 9.87. The maximum atomic E-state index is 11.8. The van der Waals surface area contributed by atoms with Crippen LogP contribution >= 0.6 is 0 Å². The molecule has 5 nitrogen and oxygen atoms in total. The molecule has 1 aromatic heterocycles. The summed E-state index contributed by atoms with van der Waals surface area (Å²) in [5.74, 6) is 0.543. The van der Waals surface area contributed by atoms with E-state index in [0.29, 0.717) is 6.61 Å². The molecule has 1 aliphatic heterocycles. The number of carbonyl (C=O) groups excluding carboxylic acids is 1. The predicted octanol–water partition coefficient (Wildman–Crippen LogP) is 2.73. The number of benzene rings is 1. The van der Waals surface area contributed by atoms with Gasteiger partial charge in [-0.15, -0.1) is 5.10 Å². The van der Waals surface area contributed by atoms with Gasteiger partial charge < -0.3 is 4.74 Å². The number of fused-ring (bicyclic) bond motifs is 1. The Morgan fingerprint density at radius 1 is 1.38 bits per heavy atom. The van der Waals surface area contributed by atoms with Gasteiger partial charge in [-0.3, -0.25) is 0 Å². The fourth-order valence-electron chi connectivity index (χ4n) is 2.88. The van der Waals surface area contributed by atoms with Crippen molar-refractivity contribution in [2.45, 2.75) is 38.6 Å². The van der Waals surface area contributed by atoms with Crippen molar-refractivity contribution in [3.8, 4) is 0 Å². The first-order valence-corrected chi connectivity index (χ1v) is 7.22. The fraction of sp³-hybridized carbons (Fsp3) is 0.438. The number of ether oxygens (including phenoxy) is 1. The van der Waals surface area contributed by atoms with Crippen LogP contribution in [0.2, 0.25) is 0 Å². The van der Waals surface area contributed by atoms with Gasteiger partial charge in [0.2, 0.25) is 0 Å². The second kappa shape index (κ2) is 4.98. The van der Waals surface area contributed by atoms with Crippen LogP contribution in [-0.4, -0.2) is 27.3 Å². The number of esters is 1. The Bertz CT molecular complexity index is 661. The zero-order valence-electron chi connectivity index (χ0n) is 12.5. The number of nitrogens with zero attached hydrogens (tertiary/aromatic N) is 3. The molecule has 0 saturated carbocycles. The van der Waals surface area contributed by atoms with E-state index in [1.165, 1.54) is 5.56 Å². The lowest BCUT2D eigenvalue weighted by Crippen LogP contribution is -2.15. The Kier molecular flexibility index (Phi) is 3.27. The van der Waals surface area contributed by atoms with Crippen molar-refractivity contribution in [1.82, 2.24) is 14.8 Å². The summed E-state index contributed by atoms with van der Waals surface area (Å²) in [7, 11) is 0. The van der Waals surface area contributed by atoms with Crippen molar-refractivity contribution in [3.63, 3.8) is 0 Å². The predicted molar refractivity (Wildman–Crippen MR) is 78.2 cm³/mol. The second-order valence-corrected chi connectivity index (χ2v) is 5.94. The van der Waals surface area contributed by atoms with Crippen molar-refractivity contribution in [2.24, 2.45) is 0 Å². The van der Waals surface area contributed by atoms with Gasteiger partial charge in [-0.05, 0) is 18.9 Å². The van der Waals surface area contributed by atoms with E-state index in [4.69, 9.17) is 4.74 Å². The molecule has 0 amide bonds. The highest BCUT2D eigenvalue weighted by atomic mass is 16.5. The van der Waals surface area contributed by atoms with Gasteiger partial charge in [0.05, 0.1) is 12.6 Å². The van der Waals surface area contributed by atoms with Crippen LogP contribution in [-0.2, 0) is 10.2 Å². The highest BCUT2D eigenvalue weighted by molar-refractivity contribution is 5.85. The number of rotatable bonds is 3. The van der Waals surface area contributed by atoms with Gasteiger partial charge in [-0.2, -0.15) is 0 Å². The fourth-order valence-corrected chi connectivity index (χ4v) is 2.88. The third-order valence-corrected chi connectivity index (χ3v) is 3.88. The van der Waals surface area contributed by atoms with E-state index < -0.39 is 5.97 Å². The van der Waals surface area contributed by atoms with Gasteiger partial charge in [-0.25, -0.2) is 14.5 Å². The first-order valence-electron chi connectivity index (χ1n) is 7.22. The number of aromatic nitrogens is 3. The van der Waals surface area contributed by atoms with E-state index in [1.807, 2.05) is 22.9 Å². The number of hydrogen-bond donors (Lipinski definition) is 0. The van der Waals surface area contributed by atoms with Crippen molar-refractivity contribution in [2.75, 3.05) is 6.61 Å². The van der Waals surface area contributed by atoms with E-state index in [0.717, 1.165) is 12.2 Å². The molecule has 0 radical (unpaired) electrons. The van der Waals surface area contributed by atoms with Gasteiger partial charge >= 0.3 is 5.97 Å². The minimum absolute atomic E-state index is 0.113. The number of carbonyl (C=O) groups is 1. The van der Waals surface area contributed by atoms with E-state index >= 15 is 0 Å². The third-order valence-electron chi connectivity index (χ3n) is 3.88. The second-order valence-electron chi connectivity index (χ2n) is 5.94. The summed E-state index contributed by atoms with van der Waals surface area (Å²) in [4.78, 5) is 16.3. The van der Waals surface area contributed by atoms with Gasteiger partial charge in [0.1, 0.15) is 5.82 Å². The number of hydrogen-bond acceptors (Lipinski definition) is 4. The van der Waals surface area contributed by atoms with Crippen LogP contribution in [0.3, 0.4) is 0 Å². The minimum Gasteiger partial charge on any atom is -0.460 e. The van der Waals surface area contributed by atoms with Crippen LogP contribution in [0, 0.1) is 0 Å². The Hall–Kier alpha value is -2.17. The SMILES string of the molecule is CCOC(=O)c1nc2n(n1)C(c1ccccc1)CC2(C)C. The average molecular weight is 285 g/mol. The molecule has 5 heteroatoms. The van der Waals surface area contributed by atoms with Crippen LogP contribution in [0.4, 0.5) is 0 Å². The monoisotopic (exact) mass is 285 g/mol. The van der Waals surface area contributed by atoms with E-state index in [9.17, 15) is 4.79 Å². The summed E-state index contributed by atoms with van der Waals surface area (Å²) in [6, 6.07) is 10.3. The zero-order valence-corrected chi connectivity index (χ0v) is 12.5. The first kappa shape index (κ1) is 13.8. The summed E-state index contributed by atoms with van der Waals surface area (Å²) in [6.07, 6.45) is 0.926. The molecular formula is C16H19N3O2. The Labute approximate surface area is 124 Å². The van der Waals surface area contributed by atoms with Gasteiger partial charge in [0, 0.05) is 5.41 Å². The van der Waals surface area contributed by atoms with Crippen LogP contribution in [0.25, 0.3) is 0 Å². The Balaban J connectivity index is 2.02. The van der Waals surface area contributed by atoms with Gasteiger partial charge in [0.15, 0.2) is 0 Å². The third kappa shape index (κ3) is 2.33. The van der Waals surface area contributed by atoms with Crippen LogP contribution < -0.4 is 0 Å². The first-order chi connectivity index (χ1) is 10.0. The molecule has 1 unspecified atom stereocenters. The van der Waals surface area contributed by atoms with E-state index in [1.54, 1.807) is 6.92 Å². The van der Waals surface area contributed by atoms with Crippen molar-refractivity contribution < 1.29 is 9.53 Å². The molecule has 1 aliphatic rings. The Morgan fingerprint density at radius 3 is 2.76 bits per heavy atom. The molecule has 0 bridgehead atoms.